The molecule has 0 atom stereocenters. The first-order chi connectivity index (χ1) is 7.65. The molecule has 1 aromatic rings. The lowest BCUT2D eigenvalue weighted by Crippen LogP contribution is -2.24. The number of hydrogen-bond acceptors (Lipinski definition) is 1. The molecule has 1 aromatic carbocycles. The van der Waals surface area contributed by atoms with E-state index in [-0.39, 0.29) is 11.7 Å². The molecule has 0 saturated heterocycles. The zero-order chi connectivity index (χ0) is 12.0. The Bertz CT molecular complexity index is 448. The molecule has 0 aliphatic heterocycles. The summed E-state index contributed by atoms with van der Waals surface area (Å²) in [5.41, 5.74) is 0.422. The smallest absolute Gasteiger partial charge is 0.252 e. The summed E-state index contributed by atoms with van der Waals surface area (Å²) in [7, 11) is 0. The number of benzene rings is 1. The van der Waals surface area contributed by atoms with E-state index in [1.165, 1.54) is 18.2 Å². The lowest BCUT2D eigenvalue weighted by molar-refractivity contribution is 0.0953. The highest BCUT2D eigenvalue weighted by Crippen LogP contribution is 2.17. The van der Waals surface area contributed by atoms with E-state index in [2.05, 4.69) is 33.1 Å². The molecule has 0 fully saturated rings. The maximum atomic E-state index is 12.8. The van der Waals surface area contributed by atoms with Gasteiger partial charge in [-0.25, -0.2) is 4.39 Å². The van der Waals surface area contributed by atoms with Crippen molar-refractivity contribution in [1.82, 2.24) is 5.32 Å². The lowest BCUT2D eigenvalue weighted by Gasteiger charge is -2.05. The van der Waals surface area contributed by atoms with Gasteiger partial charge in [0.1, 0.15) is 5.82 Å². The molecule has 0 aromatic heterocycles. The molecule has 1 N–H and O–H groups in total. The van der Waals surface area contributed by atoms with Gasteiger partial charge in [-0.15, -0.1) is 11.8 Å². The van der Waals surface area contributed by atoms with E-state index in [9.17, 15) is 9.18 Å². The van der Waals surface area contributed by atoms with Gasteiger partial charge >= 0.3 is 0 Å². The van der Waals surface area contributed by atoms with E-state index < -0.39 is 0 Å². The predicted molar refractivity (Wildman–Crippen MR) is 64.5 cm³/mol. The van der Waals surface area contributed by atoms with Gasteiger partial charge in [0.2, 0.25) is 0 Å². The Morgan fingerprint density at radius 1 is 1.56 bits per heavy atom. The standard InChI is InChI=1S/C12H11BrFNO/c1-2-3-4-7-15-12(16)10-6-5-9(14)8-11(10)13/h5-6,8H,4,7H2,1H3,(H,15,16). The molecule has 0 heterocycles. The summed E-state index contributed by atoms with van der Waals surface area (Å²) in [6.07, 6.45) is 0.612. The third kappa shape index (κ3) is 3.67. The first-order valence-corrected chi connectivity index (χ1v) is 5.57. The molecule has 0 spiro atoms. The van der Waals surface area contributed by atoms with Crippen molar-refractivity contribution >= 4 is 21.8 Å². The predicted octanol–water partition coefficient (Wildman–Crippen LogP) is 2.73. The van der Waals surface area contributed by atoms with Gasteiger partial charge in [-0.2, -0.15) is 0 Å². The van der Waals surface area contributed by atoms with Crippen molar-refractivity contribution in [2.24, 2.45) is 0 Å². The van der Waals surface area contributed by atoms with Crippen molar-refractivity contribution < 1.29 is 9.18 Å². The Hall–Kier alpha value is -1.34. The number of halogens is 2. The fourth-order valence-electron chi connectivity index (χ4n) is 1.13. The third-order valence-corrected chi connectivity index (χ3v) is 2.54. The zero-order valence-electron chi connectivity index (χ0n) is 8.81. The molecule has 0 saturated carbocycles. The van der Waals surface area contributed by atoms with E-state index >= 15 is 0 Å². The number of carbonyl (C=O) groups excluding carboxylic acids is 1. The van der Waals surface area contributed by atoms with Crippen LogP contribution in [0.4, 0.5) is 4.39 Å². The summed E-state index contributed by atoms with van der Waals surface area (Å²) >= 11 is 3.14. The van der Waals surface area contributed by atoms with Crippen molar-refractivity contribution in [3.8, 4) is 11.8 Å². The van der Waals surface area contributed by atoms with Gasteiger partial charge in [0.15, 0.2) is 0 Å². The van der Waals surface area contributed by atoms with Crippen LogP contribution in [0.2, 0.25) is 0 Å². The first-order valence-electron chi connectivity index (χ1n) is 4.78. The summed E-state index contributed by atoms with van der Waals surface area (Å²) in [5, 5.41) is 2.70. The van der Waals surface area contributed by atoms with Crippen LogP contribution in [-0.4, -0.2) is 12.5 Å². The normalized spacial score (nSPS) is 9.19. The molecule has 1 rings (SSSR count). The largest absolute Gasteiger partial charge is 0.351 e. The van der Waals surface area contributed by atoms with E-state index in [4.69, 9.17) is 0 Å². The number of hydrogen-bond donors (Lipinski definition) is 1. The van der Waals surface area contributed by atoms with Crippen molar-refractivity contribution in [1.29, 1.82) is 0 Å². The molecule has 0 bridgehead atoms. The minimum absolute atomic E-state index is 0.232. The van der Waals surface area contributed by atoms with Gasteiger partial charge in [-0.3, -0.25) is 4.79 Å². The summed E-state index contributed by atoms with van der Waals surface area (Å²) in [5.74, 6) is 4.98. The quantitative estimate of drug-likeness (QED) is 0.671. The SMILES string of the molecule is CC#CCCNC(=O)c1ccc(F)cc1Br. The van der Waals surface area contributed by atoms with Crippen LogP contribution in [0.15, 0.2) is 22.7 Å². The van der Waals surface area contributed by atoms with Crippen molar-refractivity contribution in [3.63, 3.8) is 0 Å². The van der Waals surface area contributed by atoms with Crippen LogP contribution in [-0.2, 0) is 0 Å². The van der Waals surface area contributed by atoms with E-state index in [1.807, 2.05) is 0 Å². The Balaban J connectivity index is 2.61. The summed E-state index contributed by atoms with van der Waals surface area (Å²) in [6, 6.07) is 3.96. The first kappa shape index (κ1) is 12.7. The van der Waals surface area contributed by atoms with Crippen molar-refractivity contribution in [2.45, 2.75) is 13.3 Å². The Kier molecular flexibility index (Phi) is 5.00. The monoisotopic (exact) mass is 283 g/mol. The molecule has 0 aliphatic rings. The van der Waals surface area contributed by atoms with Gasteiger partial charge < -0.3 is 5.32 Å². The van der Waals surface area contributed by atoms with Crippen molar-refractivity contribution in [2.75, 3.05) is 6.54 Å². The second-order valence-electron chi connectivity index (χ2n) is 3.06. The van der Waals surface area contributed by atoms with Crippen LogP contribution < -0.4 is 5.32 Å². The molecule has 0 unspecified atom stereocenters. The second-order valence-corrected chi connectivity index (χ2v) is 3.91. The Morgan fingerprint density at radius 3 is 2.94 bits per heavy atom. The van der Waals surface area contributed by atoms with E-state index in [1.54, 1.807) is 6.92 Å². The Labute approximate surface area is 102 Å². The maximum absolute atomic E-state index is 12.8. The maximum Gasteiger partial charge on any atom is 0.252 e. The van der Waals surface area contributed by atoms with Crippen LogP contribution in [0.3, 0.4) is 0 Å². The van der Waals surface area contributed by atoms with Crippen LogP contribution in [0.1, 0.15) is 23.7 Å². The molecular formula is C12H11BrFNO. The fourth-order valence-corrected chi connectivity index (χ4v) is 1.66. The lowest BCUT2D eigenvalue weighted by atomic mass is 10.2. The van der Waals surface area contributed by atoms with Gasteiger partial charge in [-0.1, -0.05) is 0 Å². The summed E-state index contributed by atoms with van der Waals surface area (Å²) in [4.78, 5) is 11.6. The summed E-state index contributed by atoms with van der Waals surface area (Å²) in [6.45, 7) is 2.24. The molecule has 2 nitrogen and oxygen atoms in total. The van der Waals surface area contributed by atoms with Crippen LogP contribution in [0, 0.1) is 17.7 Å². The molecular weight excluding hydrogens is 273 g/mol. The molecule has 1 amide bonds. The van der Waals surface area contributed by atoms with Crippen molar-refractivity contribution in [3.05, 3.63) is 34.1 Å². The van der Waals surface area contributed by atoms with Gasteiger partial charge in [0, 0.05) is 17.4 Å². The second kappa shape index (κ2) is 6.29. The summed E-state index contributed by atoms with van der Waals surface area (Å²) < 4.78 is 13.2. The van der Waals surface area contributed by atoms with Crippen LogP contribution >= 0.6 is 15.9 Å². The average molecular weight is 284 g/mol. The van der Waals surface area contributed by atoms with E-state index in [0.29, 0.717) is 23.0 Å². The molecule has 16 heavy (non-hydrogen) atoms. The molecule has 0 radical (unpaired) electrons. The zero-order valence-corrected chi connectivity index (χ0v) is 10.4. The molecule has 84 valence electrons. The highest BCUT2D eigenvalue weighted by atomic mass is 79.9. The molecule has 0 aliphatic carbocycles. The number of nitrogens with one attached hydrogen (secondary N) is 1. The average Bonchev–Trinajstić information content (AvgIpc) is 2.24. The third-order valence-electron chi connectivity index (χ3n) is 1.89. The highest BCUT2D eigenvalue weighted by molar-refractivity contribution is 9.10. The molecule has 4 heteroatoms. The number of amides is 1. The van der Waals surface area contributed by atoms with Crippen LogP contribution in [0.5, 0.6) is 0 Å². The number of rotatable bonds is 3. The highest BCUT2D eigenvalue weighted by Gasteiger charge is 2.09. The van der Waals surface area contributed by atoms with Gasteiger partial charge in [0.05, 0.1) is 5.56 Å². The minimum Gasteiger partial charge on any atom is -0.351 e. The topological polar surface area (TPSA) is 29.1 Å². The van der Waals surface area contributed by atoms with Gasteiger partial charge in [-0.05, 0) is 41.1 Å². The Morgan fingerprint density at radius 2 is 2.31 bits per heavy atom. The minimum atomic E-state index is -0.375. The number of carbonyl (C=O) groups is 1. The van der Waals surface area contributed by atoms with Gasteiger partial charge in [0.25, 0.3) is 5.91 Å². The van der Waals surface area contributed by atoms with E-state index in [0.717, 1.165) is 0 Å². The van der Waals surface area contributed by atoms with Crippen LogP contribution in [0.25, 0.3) is 0 Å². The fraction of sp³-hybridized carbons (Fsp3) is 0.250.